The van der Waals surface area contributed by atoms with Gasteiger partial charge in [0.05, 0.1) is 19.5 Å². The molecule has 7 heteroatoms. The molecule has 0 aliphatic heterocycles. The van der Waals surface area contributed by atoms with Gasteiger partial charge in [-0.1, -0.05) is 12.1 Å². The van der Waals surface area contributed by atoms with Gasteiger partial charge < -0.3 is 14.6 Å². The van der Waals surface area contributed by atoms with Gasteiger partial charge >= 0.3 is 0 Å². The molecule has 1 atom stereocenters. The van der Waals surface area contributed by atoms with Crippen molar-refractivity contribution in [2.45, 2.75) is 6.04 Å². The third-order valence-corrected chi connectivity index (χ3v) is 3.62. The maximum Gasteiger partial charge on any atom is 0.158 e. The van der Waals surface area contributed by atoms with Crippen molar-refractivity contribution in [2.75, 3.05) is 12.4 Å². The van der Waals surface area contributed by atoms with E-state index in [0.717, 1.165) is 17.1 Å². The Bertz CT molecular complexity index is 848. The van der Waals surface area contributed by atoms with Crippen molar-refractivity contribution in [2.24, 2.45) is 7.05 Å². The highest BCUT2D eigenvalue weighted by molar-refractivity contribution is 5.42. The van der Waals surface area contributed by atoms with Crippen molar-refractivity contribution in [3.63, 3.8) is 0 Å². The van der Waals surface area contributed by atoms with E-state index in [4.69, 9.17) is 10.00 Å². The van der Waals surface area contributed by atoms with E-state index in [-0.39, 0.29) is 11.7 Å². The van der Waals surface area contributed by atoms with Gasteiger partial charge in [-0.25, -0.2) is 15.0 Å². The Morgan fingerprint density at radius 3 is 2.50 bits per heavy atom. The number of anilines is 1. The number of hydrogen-bond donors (Lipinski definition) is 1. The highest BCUT2D eigenvalue weighted by atomic mass is 16.5. The van der Waals surface area contributed by atoms with Crippen molar-refractivity contribution in [1.82, 2.24) is 19.5 Å². The summed E-state index contributed by atoms with van der Waals surface area (Å²) in [5.74, 6) is 2.19. The van der Waals surface area contributed by atoms with Gasteiger partial charge in [-0.05, 0) is 17.7 Å². The second-order valence-electron chi connectivity index (χ2n) is 5.15. The number of aryl methyl sites for hydroxylation is 1. The van der Waals surface area contributed by atoms with E-state index in [1.165, 1.54) is 12.4 Å². The molecule has 24 heavy (non-hydrogen) atoms. The number of methoxy groups -OCH3 is 1. The van der Waals surface area contributed by atoms with Crippen LogP contribution >= 0.6 is 0 Å². The third-order valence-electron chi connectivity index (χ3n) is 3.62. The largest absolute Gasteiger partial charge is 0.497 e. The number of ether oxygens (including phenoxy) is 1. The Kier molecular flexibility index (Phi) is 4.38. The molecule has 1 N–H and O–H groups in total. The van der Waals surface area contributed by atoms with Gasteiger partial charge in [0.15, 0.2) is 5.69 Å². The van der Waals surface area contributed by atoms with Crippen molar-refractivity contribution in [1.29, 1.82) is 5.26 Å². The SMILES string of the molecule is COc1ccc(C(Nc2cnc(C#N)cn2)c2nccn2C)cc1. The third kappa shape index (κ3) is 3.17. The maximum atomic E-state index is 8.83. The molecule has 120 valence electrons. The summed E-state index contributed by atoms with van der Waals surface area (Å²) in [5, 5.41) is 12.1. The lowest BCUT2D eigenvalue weighted by atomic mass is 10.1. The van der Waals surface area contributed by atoms with Gasteiger partial charge in [-0.3, -0.25) is 0 Å². The zero-order chi connectivity index (χ0) is 16.9. The van der Waals surface area contributed by atoms with Gasteiger partial charge in [-0.2, -0.15) is 5.26 Å². The normalized spacial score (nSPS) is 11.5. The van der Waals surface area contributed by atoms with Crippen LogP contribution in [0.15, 0.2) is 49.1 Å². The number of nitrogens with zero attached hydrogens (tertiary/aromatic N) is 5. The fourth-order valence-electron chi connectivity index (χ4n) is 2.36. The Hall–Kier alpha value is -3.40. The summed E-state index contributed by atoms with van der Waals surface area (Å²) in [4.78, 5) is 12.7. The first-order valence-electron chi connectivity index (χ1n) is 7.31. The lowest BCUT2D eigenvalue weighted by Gasteiger charge is -2.19. The topological polar surface area (TPSA) is 88.7 Å². The Balaban J connectivity index is 1.95. The quantitative estimate of drug-likeness (QED) is 0.776. The Labute approximate surface area is 139 Å². The van der Waals surface area contributed by atoms with Crippen LogP contribution in [0.3, 0.4) is 0 Å². The lowest BCUT2D eigenvalue weighted by molar-refractivity contribution is 0.414. The van der Waals surface area contributed by atoms with Crippen molar-refractivity contribution < 1.29 is 4.74 Å². The molecular formula is C17H16N6O. The van der Waals surface area contributed by atoms with Crippen LogP contribution in [0.25, 0.3) is 0 Å². The fraction of sp³-hybridized carbons (Fsp3) is 0.176. The first-order valence-corrected chi connectivity index (χ1v) is 7.31. The first kappa shape index (κ1) is 15.5. The summed E-state index contributed by atoms with van der Waals surface area (Å²) in [6.45, 7) is 0. The van der Waals surface area contributed by atoms with Crippen molar-refractivity contribution in [3.05, 3.63) is 66.1 Å². The highest BCUT2D eigenvalue weighted by Crippen LogP contribution is 2.26. The van der Waals surface area contributed by atoms with Crippen molar-refractivity contribution >= 4 is 5.82 Å². The van der Waals surface area contributed by atoms with Gasteiger partial charge in [0, 0.05) is 19.4 Å². The number of nitriles is 1. The van der Waals surface area contributed by atoms with Gasteiger partial charge in [0.2, 0.25) is 0 Å². The van der Waals surface area contributed by atoms with E-state index in [1.807, 2.05) is 48.1 Å². The second-order valence-corrected chi connectivity index (χ2v) is 5.15. The fourth-order valence-corrected chi connectivity index (χ4v) is 2.36. The summed E-state index contributed by atoms with van der Waals surface area (Å²) >= 11 is 0. The van der Waals surface area contributed by atoms with Crippen LogP contribution in [0.2, 0.25) is 0 Å². The minimum atomic E-state index is -0.210. The molecule has 0 aliphatic rings. The van der Waals surface area contributed by atoms with Crippen LogP contribution in [0.4, 0.5) is 5.82 Å². The number of hydrogen-bond acceptors (Lipinski definition) is 6. The Morgan fingerprint density at radius 1 is 1.17 bits per heavy atom. The molecule has 7 nitrogen and oxygen atoms in total. The lowest BCUT2D eigenvalue weighted by Crippen LogP contribution is -2.17. The predicted octanol–water partition coefficient (Wildman–Crippen LogP) is 2.29. The molecule has 0 fully saturated rings. The summed E-state index contributed by atoms with van der Waals surface area (Å²) in [7, 11) is 3.57. The van der Waals surface area contributed by atoms with Gasteiger partial charge in [0.25, 0.3) is 0 Å². The molecule has 1 aromatic carbocycles. The average molecular weight is 320 g/mol. The summed E-state index contributed by atoms with van der Waals surface area (Å²) in [5.41, 5.74) is 1.29. The molecule has 0 saturated carbocycles. The molecular weight excluding hydrogens is 304 g/mol. The standard InChI is InChI=1S/C17H16N6O/c1-23-8-7-19-17(23)16(12-3-5-14(24-2)6-4-12)22-15-11-20-13(9-18)10-21-15/h3-8,10-11,16H,1-2H3,(H,21,22). The molecule has 3 rings (SSSR count). The van der Waals surface area contributed by atoms with Crippen LogP contribution in [-0.2, 0) is 7.05 Å². The van der Waals surface area contributed by atoms with Gasteiger partial charge in [0.1, 0.15) is 29.5 Å². The smallest absolute Gasteiger partial charge is 0.158 e. The molecule has 3 aromatic rings. The number of imidazole rings is 1. The summed E-state index contributed by atoms with van der Waals surface area (Å²) in [6, 6.07) is 9.50. The number of rotatable bonds is 5. The van der Waals surface area contributed by atoms with E-state index in [2.05, 4.69) is 20.3 Å². The molecule has 0 saturated heterocycles. The molecule has 2 aromatic heterocycles. The maximum absolute atomic E-state index is 8.83. The number of benzene rings is 1. The van der Waals surface area contributed by atoms with Crippen LogP contribution in [0, 0.1) is 11.3 Å². The summed E-state index contributed by atoms with van der Waals surface area (Å²) in [6.07, 6.45) is 6.61. The molecule has 1 unspecified atom stereocenters. The predicted molar refractivity (Wildman–Crippen MR) is 88.4 cm³/mol. The summed E-state index contributed by atoms with van der Waals surface area (Å²) < 4.78 is 7.16. The molecule has 2 heterocycles. The minimum absolute atomic E-state index is 0.210. The molecule has 0 radical (unpaired) electrons. The average Bonchev–Trinajstić information content (AvgIpc) is 3.06. The first-order chi connectivity index (χ1) is 11.7. The van der Waals surface area contributed by atoms with Crippen LogP contribution in [0.5, 0.6) is 5.75 Å². The van der Waals surface area contributed by atoms with Crippen LogP contribution < -0.4 is 10.1 Å². The number of nitrogens with one attached hydrogen (secondary N) is 1. The van der Waals surface area contributed by atoms with E-state index in [9.17, 15) is 0 Å². The zero-order valence-corrected chi connectivity index (χ0v) is 13.3. The molecule has 0 bridgehead atoms. The van der Waals surface area contributed by atoms with E-state index < -0.39 is 0 Å². The molecule has 0 amide bonds. The van der Waals surface area contributed by atoms with Gasteiger partial charge in [-0.15, -0.1) is 0 Å². The van der Waals surface area contributed by atoms with E-state index in [0.29, 0.717) is 5.82 Å². The minimum Gasteiger partial charge on any atom is -0.497 e. The monoisotopic (exact) mass is 320 g/mol. The van der Waals surface area contributed by atoms with Crippen LogP contribution in [-0.4, -0.2) is 26.6 Å². The zero-order valence-electron chi connectivity index (χ0n) is 13.3. The molecule has 0 aliphatic carbocycles. The van der Waals surface area contributed by atoms with Crippen molar-refractivity contribution in [3.8, 4) is 11.8 Å². The second kappa shape index (κ2) is 6.79. The van der Waals surface area contributed by atoms with E-state index in [1.54, 1.807) is 13.3 Å². The van der Waals surface area contributed by atoms with E-state index >= 15 is 0 Å². The molecule has 0 spiro atoms. The van der Waals surface area contributed by atoms with Crippen LogP contribution in [0.1, 0.15) is 23.1 Å². The highest BCUT2D eigenvalue weighted by Gasteiger charge is 2.19. The number of aromatic nitrogens is 4. The Morgan fingerprint density at radius 2 is 1.96 bits per heavy atom.